The average molecular weight is 259 g/mol. The van der Waals surface area contributed by atoms with Gasteiger partial charge in [-0.3, -0.25) is 0 Å². The van der Waals surface area contributed by atoms with Crippen LogP contribution in [0.3, 0.4) is 0 Å². The van der Waals surface area contributed by atoms with Crippen molar-refractivity contribution in [2.24, 2.45) is 5.73 Å². The van der Waals surface area contributed by atoms with Crippen molar-refractivity contribution in [1.82, 2.24) is 0 Å². The Morgan fingerprint density at radius 1 is 1.17 bits per heavy atom. The maximum atomic E-state index is 6.15. The van der Waals surface area contributed by atoms with Crippen molar-refractivity contribution in [3.8, 4) is 0 Å². The van der Waals surface area contributed by atoms with Gasteiger partial charge in [0, 0.05) is 29.8 Å². The topological polar surface area (TPSA) is 29.3 Å². The van der Waals surface area contributed by atoms with Crippen LogP contribution in [-0.4, -0.2) is 6.54 Å². The van der Waals surface area contributed by atoms with E-state index in [1.54, 1.807) is 0 Å². The standard InChI is InChI=1S/C15H15ClN2/c16-12-5-3-4-11(8-12)9-18-10-14(17)13-6-1-2-7-15(13)18/h1-8,14H,9-10,17H2. The first-order valence-corrected chi connectivity index (χ1v) is 6.46. The van der Waals surface area contributed by atoms with Crippen LogP contribution in [0.15, 0.2) is 48.5 Å². The van der Waals surface area contributed by atoms with Gasteiger partial charge in [0.2, 0.25) is 0 Å². The molecule has 2 aromatic rings. The van der Waals surface area contributed by atoms with Crippen molar-refractivity contribution >= 4 is 17.3 Å². The van der Waals surface area contributed by atoms with Crippen LogP contribution in [0, 0.1) is 0 Å². The highest BCUT2D eigenvalue weighted by Gasteiger charge is 2.25. The van der Waals surface area contributed by atoms with Crippen molar-refractivity contribution in [2.45, 2.75) is 12.6 Å². The molecule has 0 radical (unpaired) electrons. The fraction of sp³-hybridized carbons (Fsp3) is 0.200. The highest BCUT2D eigenvalue weighted by Crippen LogP contribution is 2.34. The van der Waals surface area contributed by atoms with E-state index in [-0.39, 0.29) is 6.04 Å². The smallest absolute Gasteiger partial charge is 0.0493 e. The maximum Gasteiger partial charge on any atom is 0.0493 e. The molecule has 0 fully saturated rings. The minimum absolute atomic E-state index is 0.111. The molecule has 0 saturated carbocycles. The van der Waals surface area contributed by atoms with E-state index >= 15 is 0 Å². The van der Waals surface area contributed by atoms with Crippen LogP contribution in [0.4, 0.5) is 5.69 Å². The molecular weight excluding hydrogens is 244 g/mol. The van der Waals surface area contributed by atoms with Gasteiger partial charge in [0.1, 0.15) is 0 Å². The number of hydrogen-bond donors (Lipinski definition) is 1. The zero-order valence-electron chi connectivity index (χ0n) is 10.0. The van der Waals surface area contributed by atoms with Crippen LogP contribution in [0.5, 0.6) is 0 Å². The summed E-state index contributed by atoms with van der Waals surface area (Å²) >= 11 is 6.02. The molecule has 0 spiro atoms. The SMILES string of the molecule is NC1CN(Cc2cccc(Cl)c2)c2ccccc21. The molecule has 3 rings (SSSR count). The zero-order valence-corrected chi connectivity index (χ0v) is 10.8. The van der Waals surface area contributed by atoms with E-state index in [1.807, 2.05) is 24.3 Å². The number of nitrogens with zero attached hydrogens (tertiary/aromatic N) is 1. The Balaban J connectivity index is 1.87. The van der Waals surface area contributed by atoms with Crippen LogP contribution in [-0.2, 0) is 6.54 Å². The monoisotopic (exact) mass is 258 g/mol. The van der Waals surface area contributed by atoms with Crippen LogP contribution in [0.1, 0.15) is 17.2 Å². The molecule has 0 aliphatic carbocycles. The molecule has 2 nitrogen and oxygen atoms in total. The highest BCUT2D eigenvalue weighted by molar-refractivity contribution is 6.30. The maximum absolute atomic E-state index is 6.15. The second-order valence-electron chi connectivity index (χ2n) is 4.68. The van der Waals surface area contributed by atoms with E-state index in [4.69, 9.17) is 17.3 Å². The van der Waals surface area contributed by atoms with Gasteiger partial charge in [0.15, 0.2) is 0 Å². The van der Waals surface area contributed by atoms with E-state index in [0.29, 0.717) is 0 Å². The first kappa shape index (κ1) is 11.6. The molecular formula is C15H15ClN2. The minimum atomic E-state index is 0.111. The largest absolute Gasteiger partial charge is 0.365 e. The third-order valence-electron chi connectivity index (χ3n) is 3.36. The lowest BCUT2D eigenvalue weighted by Gasteiger charge is -2.19. The number of para-hydroxylation sites is 1. The van der Waals surface area contributed by atoms with Crippen LogP contribution >= 0.6 is 11.6 Å². The van der Waals surface area contributed by atoms with Crippen LogP contribution in [0.25, 0.3) is 0 Å². The summed E-state index contributed by atoms with van der Waals surface area (Å²) in [5, 5.41) is 0.782. The zero-order chi connectivity index (χ0) is 12.5. The lowest BCUT2D eigenvalue weighted by molar-refractivity contribution is 0.720. The summed E-state index contributed by atoms with van der Waals surface area (Å²) < 4.78 is 0. The van der Waals surface area contributed by atoms with Gasteiger partial charge in [-0.05, 0) is 29.3 Å². The van der Waals surface area contributed by atoms with Gasteiger partial charge in [-0.15, -0.1) is 0 Å². The van der Waals surface area contributed by atoms with Crippen molar-refractivity contribution < 1.29 is 0 Å². The van der Waals surface area contributed by atoms with Gasteiger partial charge in [-0.25, -0.2) is 0 Å². The van der Waals surface area contributed by atoms with Gasteiger partial charge < -0.3 is 10.6 Å². The van der Waals surface area contributed by atoms with Crippen molar-refractivity contribution in [2.75, 3.05) is 11.4 Å². The van der Waals surface area contributed by atoms with Gasteiger partial charge in [-0.1, -0.05) is 41.9 Å². The summed E-state index contributed by atoms with van der Waals surface area (Å²) in [6, 6.07) is 16.4. The van der Waals surface area contributed by atoms with Crippen LogP contribution in [0.2, 0.25) is 5.02 Å². The lowest BCUT2D eigenvalue weighted by atomic mass is 10.1. The summed E-state index contributed by atoms with van der Waals surface area (Å²) in [4.78, 5) is 2.31. The first-order chi connectivity index (χ1) is 8.74. The minimum Gasteiger partial charge on any atom is -0.365 e. The molecule has 0 amide bonds. The predicted octanol–water partition coefficient (Wildman–Crippen LogP) is 3.36. The third kappa shape index (κ3) is 2.09. The normalized spacial score (nSPS) is 17.9. The molecule has 18 heavy (non-hydrogen) atoms. The molecule has 2 aromatic carbocycles. The second kappa shape index (κ2) is 4.63. The van der Waals surface area contributed by atoms with Gasteiger partial charge in [0.25, 0.3) is 0 Å². The van der Waals surface area contributed by atoms with E-state index in [2.05, 4.69) is 29.2 Å². The Bertz CT molecular complexity index is 568. The molecule has 1 atom stereocenters. The summed E-state index contributed by atoms with van der Waals surface area (Å²) in [7, 11) is 0. The van der Waals surface area contributed by atoms with Crippen molar-refractivity contribution in [1.29, 1.82) is 0 Å². The number of nitrogens with two attached hydrogens (primary N) is 1. The number of hydrogen-bond acceptors (Lipinski definition) is 2. The molecule has 92 valence electrons. The van der Waals surface area contributed by atoms with E-state index in [0.717, 1.165) is 18.1 Å². The summed E-state index contributed by atoms with van der Waals surface area (Å²) in [6.07, 6.45) is 0. The predicted molar refractivity (Wildman–Crippen MR) is 75.9 cm³/mol. The Labute approximate surface area is 112 Å². The summed E-state index contributed by atoms with van der Waals surface area (Å²) in [6.45, 7) is 1.72. The summed E-state index contributed by atoms with van der Waals surface area (Å²) in [5.74, 6) is 0. The molecule has 1 unspecified atom stereocenters. The quantitative estimate of drug-likeness (QED) is 0.895. The third-order valence-corrected chi connectivity index (χ3v) is 3.59. The lowest BCUT2D eigenvalue weighted by Crippen LogP contribution is -2.23. The van der Waals surface area contributed by atoms with Gasteiger partial charge in [-0.2, -0.15) is 0 Å². The van der Waals surface area contributed by atoms with Crippen LogP contribution < -0.4 is 10.6 Å². The molecule has 2 N–H and O–H groups in total. The summed E-state index contributed by atoms with van der Waals surface area (Å²) in [5.41, 5.74) is 9.84. The second-order valence-corrected chi connectivity index (χ2v) is 5.11. The Morgan fingerprint density at radius 2 is 2.00 bits per heavy atom. The number of anilines is 1. The Morgan fingerprint density at radius 3 is 2.83 bits per heavy atom. The van der Waals surface area contributed by atoms with Crippen molar-refractivity contribution in [3.63, 3.8) is 0 Å². The molecule has 1 aliphatic rings. The first-order valence-electron chi connectivity index (χ1n) is 6.08. The molecule has 0 saturated heterocycles. The van der Waals surface area contributed by atoms with E-state index in [9.17, 15) is 0 Å². The fourth-order valence-corrected chi connectivity index (χ4v) is 2.74. The van der Waals surface area contributed by atoms with E-state index in [1.165, 1.54) is 16.8 Å². The molecule has 1 aliphatic heterocycles. The number of halogens is 1. The van der Waals surface area contributed by atoms with Gasteiger partial charge >= 0.3 is 0 Å². The Kier molecular flexibility index (Phi) is 2.98. The molecule has 0 aromatic heterocycles. The highest BCUT2D eigenvalue weighted by atomic mass is 35.5. The number of rotatable bonds is 2. The molecule has 0 bridgehead atoms. The number of benzene rings is 2. The van der Waals surface area contributed by atoms with E-state index < -0.39 is 0 Å². The van der Waals surface area contributed by atoms with Crippen molar-refractivity contribution in [3.05, 3.63) is 64.7 Å². The van der Waals surface area contributed by atoms with Gasteiger partial charge in [0.05, 0.1) is 0 Å². The molecule has 3 heteroatoms. The average Bonchev–Trinajstić information content (AvgIpc) is 2.67. The fourth-order valence-electron chi connectivity index (χ4n) is 2.53. The Hall–Kier alpha value is -1.51. The number of fused-ring (bicyclic) bond motifs is 1. The molecule has 1 heterocycles.